The first-order chi connectivity index (χ1) is 9.81. The van der Waals surface area contributed by atoms with Gasteiger partial charge in [0.15, 0.2) is 6.04 Å². The first kappa shape index (κ1) is 13.9. The molecule has 0 saturated carbocycles. The SMILES string of the molecule is CC[NH+]1CC[NH+]([C@@H]2C[NH2+]Cc3ccc(OC)cc32)CC1. The molecule has 2 aliphatic heterocycles. The quantitative estimate of drug-likeness (QED) is 0.567. The van der Waals surface area contributed by atoms with Crippen molar-refractivity contribution in [2.45, 2.75) is 19.5 Å². The number of likely N-dealkylation sites (N-methyl/N-ethyl adjacent to an activating group) is 1. The van der Waals surface area contributed by atoms with E-state index in [4.69, 9.17) is 4.74 Å². The van der Waals surface area contributed by atoms with Crippen molar-refractivity contribution in [3.63, 3.8) is 0 Å². The number of hydrogen-bond donors (Lipinski definition) is 3. The summed E-state index contributed by atoms with van der Waals surface area (Å²) < 4.78 is 5.43. The number of nitrogens with two attached hydrogens (primary N) is 1. The van der Waals surface area contributed by atoms with Gasteiger partial charge in [-0.15, -0.1) is 0 Å². The molecular weight excluding hydrogens is 250 g/mol. The van der Waals surface area contributed by atoms with Crippen molar-refractivity contribution >= 4 is 0 Å². The smallest absolute Gasteiger partial charge is 0.164 e. The molecule has 0 bridgehead atoms. The third kappa shape index (κ3) is 2.68. The fraction of sp³-hybridized carbons (Fsp3) is 0.625. The minimum absolute atomic E-state index is 0.646. The average molecular weight is 278 g/mol. The number of nitrogens with one attached hydrogen (secondary N) is 2. The van der Waals surface area contributed by atoms with Gasteiger partial charge in [0.25, 0.3) is 0 Å². The van der Waals surface area contributed by atoms with Crippen LogP contribution in [0.25, 0.3) is 0 Å². The van der Waals surface area contributed by atoms with Crippen LogP contribution in [0, 0.1) is 0 Å². The Morgan fingerprint density at radius 2 is 2.05 bits per heavy atom. The van der Waals surface area contributed by atoms with E-state index in [0.29, 0.717) is 6.04 Å². The molecule has 2 heterocycles. The van der Waals surface area contributed by atoms with E-state index in [9.17, 15) is 0 Å². The maximum absolute atomic E-state index is 5.43. The van der Waals surface area contributed by atoms with Gasteiger partial charge in [0.1, 0.15) is 45.0 Å². The largest absolute Gasteiger partial charge is 0.497 e. The van der Waals surface area contributed by atoms with E-state index in [-0.39, 0.29) is 0 Å². The highest BCUT2D eigenvalue weighted by molar-refractivity contribution is 5.37. The van der Waals surface area contributed by atoms with Crippen molar-refractivity contribution in [2.24, 2.45) is 0 Å². The predicted molar refractivity (Wildman–Crippen MR) is 78.2 cm³/mol. The molecule has 1 fully saturated rings. The normalized spacial score (nSPS) is 29.8. The van der Waals surface area contributed by atoms with Crippen LogP contribution in [0.15, 0.2) is 18.2 Å². The number of hydrogen-bond acceptors (Lipinski definition) is 1. The Hall–Kier alpha value is -1.10. The minimum atomic E-state index is 0.646. The number of quaternary nitrogens is 3. The van der Waals surface area contributed by atoms with Crippen LogP contribution in [0.3, 0.4) is 0 Å². The van der Waals surface area contributed by atoms with E-state index < -0.39 is 0 Å². The Bertz CT molecular complexity index is 455. The van der Waals surface area contributed by atoms with Crippen molar-refractivity contribution in [3.8, 4) is 5.75 Å². The highest BCUT2D eigenvalue weighted by Gasteiger charge is 2.35. The summed E-state index contributed by atoms with van der Waals surface area (Å²) in [7, 11) is 1.77. The van der Waals surface area contributed by atoms with Gasteiger partial charge in [-0.3, -0.25) is 0 Å². The molecule has 0 spiro atoms. The minimum Gasteiger partial charge on any atom is -0.497 e. The van der Waals surface area contributed by atoms with Crippen molar-refractivity contribution < 1.29 is 19.9 Å². The van der Waals surface area contributed by atoms with E-state index in [1.165, 1.54) is 50.4 Å². The van der Waals surface area contributed by atoms with Gasteiger partial charge in [0, 0.05) is 11.1 Å². The maximum atomic E-state index is 5.43. The molecule has 20 heavy (non-hydrogen) atoms. The lowest BCUT2D eigenvalue weighted by Gasteiger charge is -2.35. The van der Waals surface area contributed by atoms with Crippen LogP contribution in [0.2, 0.25) is 0 Å². The molecule has 0 unspecified atom stereocenters. The monoisotopic (exact) mass is 278 g/mol. The molecule has 0 amide bonds. The third-order valence-electron chi connectivity index (χ3n) is 5.09. The zero-order valence-electron chi connectivity index (χ0n) is 12.7. The van der Waals surface area contributed by atoms with Gasteiger partial charge in [-0.2, -0.15) is 0 Å². The number of piperazine rings is 1. The molecule has 1 atom stereocenters. The summed E-state index contributed by atoms with van der Waals surface area (Å²) in [6, 6.07) is 7.28. The molecule has 2 aliphatic rings. The molecule has 0 radical (unpaired) electrons. The summed E-state index contributed by atoms with van der Waals surface area (Å²) in [6.45, 7) is 11.2. The second-order valence-electron chi connectivity index (χ2n) is 6.11. The van der Waals surface area contributed by atoms with Gasteiger partial charge in [0.2, 0.25) is 0 Å². The van der Waals surface area contributed by atoms with Crippen molar-refractivity contribution in [1.29, 1.82) is 0 Å². The van der Waals surface area contributed by atoms with Crippen molar-refractivity contribution in [1.82, 2.24) is 0 Å². The number of methoxy groups -OCH3 is 1. The highest BCUT2D eigenvalue weighted by atomic mass is 16.5. The number of ether oxygens (including phenoxy) is 1. The Morgan fingerprint density at radius 1 is 1.25 bits per heavy atom. The standard InChI is InChI=1S/C16H25N3O/c1-3-18-6-8-19(9-7-18)16-12-17-11-13-4-5-14(20-2)10-15(13)16/h4-5,10,16-17H,3,6-9,11-12H2,1-2H3/p+3/t16-/m1/s1. The van der Waals surface area contributed by atoms with Gasteiger partial charge in [-0.05, 0) is 25.1 Å². The zero-order valence-corrected chi connectivity index (χ0v) is 12.7. The van der Waals surface area contributed by atoms with Crippen LogP contribution >= 0.6 is 0 Å². The van der Waals surface area contributed by atoms with E-state index in [1.54, 1.807) is 16.9 Å². The molecule has 0 aliphatic carbocycles. The lowest BCUT2D eigenvalue weighted by atomic mass is 9.94. The summed E-state index contributed by atoms with van der Waals surface area (Å²) in [5.41, 5.74) is 3.03. The summed E-state index contributed by atoms with van der Waals surface area (Å²) in [5.74, 6) is 1.01. The van der Waals surface area contributed by atoms with E-state index >= 15 is 0 Å². The van der Waals surface area contributed by atoms with Crippen molar-refractivity contribution in [3.05, 3.63) is 29.3 Å². The lowest BCUT2D eigenvalue weighted by Crippen LogP contribution is -3.28. The van der Waals surface area contributed by atoms with Crippen LogP contribution in [-0.2, 0) is 6.54 Å². The average Bonchev–Trinajstić information content (AvgIpc) is 2.54. The van der Waals surface area contributed by atoms with Crippen LogP contribution in [-0.4, -0.2) is 46.4 Å². The first-order valence-corrected chi connectivity index (χ1v) is 7.98. The Morgan fingerprint density at radius 3 is 2.75 bits per heavy atom. The molecule has 1 aromatic rings. The highest BCUT2D eigenvalue weighted by Crippen LogP contribution is 2.23. The van der Waals surface area contributed by atoms with E-state index in [1.807, 2.05) is 0 Å². The molecule has 1 saturated heterocycles. The molecule has 3 rings (SSSR count). The lowest BCUT2D eigenvalue weighted by molar-refractivity contribution is -1.03. The van der Waals surface area contributed by atoms with Gasteiger partial charge in [0.05, 0.1) is 13.7 Å². The topological polar surface area (TPSA) is 34.7 Å². The van der Waals surface area contributed by atoms with Gasteiger partial charge < -0.3 is 19.9 Å². The summed E-state index contributed by atoms with van der Waals surface area (Å²) in [5, 5.41) is 2.46. The number of rotatable bonds is 3. The van der Waals surface area contributed by atoms with E-state index in [0.717, 1.165) is 12.3 Å². The molecule has 1 aromatic carbocycles. The Balaban J connectivity index is 1.79. The first-order valence-electron chi connectivity index (χ1n) is 7.98. The summed E-state index contributed by atoms with van der Waals surface area (Å²) in [6.07, 6.45) is 0. The Kier molecular flexibility index (Phi) is 4.24. The molecule has 110 valence electrons. The predicted octanol–water partition coefficient (Wildman–Crippen LogP) is -2.38. The maximum Gasteiger partial charge on any atom is 0.164 e. The summed E-state index contributed by atoms with van der Waals surface area (Å²) >= 11 is 0. The van der Waals surface area contributed by atoms with Crippen LogP contribution in [0.1, 0.15) is 24.1 Å². The molecular formula is C16H28N3O+3. The fourth-order valence-corrected chi connectivity index (χ4v) is 3.76. The van der Waals surface area contributed by atoms with Crippen LogP contribution in [0.4, 0.5) is 0 Å². The number of fused-ring (bicyclic) bond motifs is 1. The molecule has 4 heteroatoms. The van der Waals surface area contributed by atoms with Gasteiger partial charge in [-0.1, -0.05) is 0 Å². The van der Waals surface area contributed by atoms with Crippen molar-refractivity contribution in [2.75, 3.05) is 46.4 Å². The third-order valence-corrected chi connectivity index (χ3v) is 5.09. The van der Waals surface area contributed by atoms with E-state index in [2.05, 4.69) is 30.4 Å². The van der Waals surface area contributed by atoms with Crippen LogP contribution < -0.4 is 19.9 Å². The van der Waals surface area contributed by atoms with Crippen LogP contribution in [0.5, 0.6) is 5.75 Å². The number of benzene rings is 1. The fourth-order valence-electron chi connectivity index (χ4n) is 3.76. The second kappa shape index (κ2) is 6.12. The summed E-state index contributed by atoms with van der Waals surface area (Å²) in [4.78, 5) is 3.53. The molecule has 4 N–H and O–H groups in total. The molecule has 0 aromatic heterocycles. The van der Waals surface area contributed by atoms with Gasteiger partial charge >= 0.3 is 0 Å². The second-order valence-corrected chi connectivity index (χ2v) is 6.11. The molecule has 4 nitrogen and oxygen atoms in total. The zero-order chi connectivity index (χ0) is 13.9. The Labute approximate surface area is 121 Å². The van der Waals surface area contributed by atoms with Gasteiger partial charge in [-0.25, -0.2) is 0 Å².